The second-order valence-corrected chi connectivity index (χ2v) is 10.6. The maximum absolute atomic E-state index is 13.0. The van der Waals surface area contributed by atoms with Crippen molar-refractivity contribution in [3.63, 3.8) is 0 Å². The summed E-state index contributed by atoms with van der Waals surface area (Å²) >= 11 is 6.47. The Labute approximate surface area is 259 Å². The molecule has 1 saturated heterocycles. The minimum absolute atomic E-state index is 0.0222. The van der Waals surface area contributed by atoms with Crippen molar-refractivity contribution in [3.8, 4) is 11.5 Å². The Hall–Kier alpha value is -3.72. The van der Waals surface area contributed by atoms with Crippen LogP contribution in [0.4, 0.5) is 5.69 Å². The lowest BCUT2D eigenvalue weighted by molar-refractivity contribution is -0.293. The van der Waals surface area contributed by atoms with Crippen molar-refractivity contribution in [1.82, 2.24) is 9.78 Å². The molecular weight excluding hydrogens is 598 g/mol. The molecule has 4 N–H and O–H groups in total. The molecule has 1 aliphatic rings. The molecule has 0 bridgehead atoms. The van der Waals surface area contributed by atoms with Crippen molar-refractivity contribution >= 4 is 29.2 Å². The van der Waals surface area contributed by atoms with Crippen molar-refractivity contribution < 1.29 is 48.6 Å². The van der Waals surface area contributed by atoms with E-state index in [-0.39, 0.29) is 34.6 Å². The van der Waals surface area contributed by atoms with Gasteiger partial charge in [0.15, 0.2) is 23.9 Å². The van der Waals surface area contributed by atoms with Crippen LogP contribution in [0.5, 0.6) is 11.5 Å². The molecule has 1 aliphatic heterocycles. The summed E-state index contributed by atoms with van der Waals surface area (Å²) in [5, 5.41) is 37.3. The molecule has 4 rings (SSSR count). The molecule has 238 valence electrons. The lowest BCUT2D eigenvalue weighted by Gasteiger charge is -2.40. The number of halogens is 1. The monoisotopic (exact) mass is 633 g/mol. The zero-order valence-corrected chi connectivity index (χ0v) is 25.5. The first-order chi connectivity index (χ1) is 21.0. The number of hydrogen-bond donors (Lipinski definition) is 4. The molecule has 0 aliphatic carbocycles. The van der Waals surface area contributed by atoms with Crippen LogP contribution in [0.15, 0.2) is 42.5 Å². The summed E-state index contributed by atoms with van der Waals surface area (Å²) in [5.74, 6) is -0.726. The quantitative estimate of drug-likeness (QED) is 0.215. The normalized spacial score (nSPS) is 21.5. The number of methoxy groups -OCH3 is 2. The Kier molecular flexibility index (Phi) is 11.2. The van der Waals surface area contributed by atoms with Gasteiger partial charge in [-0.3, -0.25) is 9.48 Å². The van der Waals surface area contributed by atoms with Gasteiger partial charge in [-0.25, -0.2) is 4.79 Å². The van der Waals surface area contributed by atoms with Crippen LogP contribution in [0.2, 0.25) is 5.02 Å². The van der Waals surface area contributed by atoms with E-state index in [4.69, 9.17) is 35.3 Å². The van der Waals surface area contributed by atoms with E-state index < -0.39 is 43.3 Å². The highest BCUT2D eigenvalue weighted by atomic mass is 35.5. The van der Waals surface area contributed by atoms with Crippen LogP contribution >= 0.6 is 11.6 Å². The number of amides is 1. The van der Waals surface area contributed by atoms with Crippen LogP contribution in [-0.4, -0.2) is 88.5 Å². The minimum atomic E-state index is -1.58. The largest absolute Gasteiger partial charge is 0.493 e. The van der Waals surface area contributed by atoms with E-state index in [1.807, 2.05) is 26.1 Å². The predicted molar refractivity (Wildman–Crippen MR) is 158 cm³/mol. The molecule has 13 nitrogen and oxygen atoms in total. The lowest BCUT2D eigenvalue weighted by Crippen LogP contribution is -2.60. The smallest absolute Gasteiger partial charge is 0.338 e. The van der Waals surface area contributed by atoms with Crippen LogP contribution < -0.4 is 14.8 Å². The fourth-order valence-corrected chi connectivity index (χ4v) is 5.06. The van der Waals surface area contributed by atoms with Crippen molar-refractivity contribution in [2.45, 2.75) is 57.1 Å². The van der Waals surface area contributed by atoms with Gasteiger partial charge in [0, 0.05) is 32.0 Å². The van der Waals surface area contributed by atoms with Crippen molar-refractivity contribution in [2.24, 2.45) is 7.05 Å². The number of aliphatic hydroxyl groups excluding tert-OH is 3. The van der Waals surface area contributed by atoms with Crippen molar-refractivity contribution in [1.29, 1.82) is 0 Å². The molecule has 1 amide bonds. The van der Waals surface area contributed by atoms with E-state index >= 15 is 0 Å². The van der Waals surface area contributed by atoms with Gasteiger partial charge in [-0.1, -0.05) is 23.7 Å². The van der Waals surface area contributed by atoms with Gasteiger partial charge in [0.05, 0.1) is 30.0 Å². The van der Waals surface area contributed by atoms with E-state index in [1.165, 1.54) is 26.4 Å². The lowest BCUT2D eigenvalue weighted by atomic mass is 9.99. The Balaban J connectivity index is 1.39. The number of aromatic nitrogens is 2. The van der Waals surface area contributed by atoms with Crippen LogP contribution in [0.1, 0.15) is 33.7 Å². The maximum Gasteiger partial charge on any atom is 0.338 e. The van der Waals surface area contributed by atoms with Gasteiger partial charge in [-0.05, 0) is 49.2 Å². The third-order valence-corrected chi connectivity index (χ3v) is 7.35. The number of esters is 1. The zero-order chi connectivity index (χ0) is 32.0. The van der Waals surface area contributed by atoms with Crippen LogP contribution in [-0.2, 0) is 39.1 Å². The number of benzene rings is 2. The summed E-state index contributed by atoms with van der Waals surface area (Å²) < 4.78 is 29.0. The average Bonchev–Trinajstić information content (AvgIpc) is 3.33. The summed E-state index contributed by atoms with van der Waals surface area (Å²) in [6, 6.07) is 11.8. The number of aryl methyl sites for hydroxylation is 3. The summed E-state index contributed by atoms with van der Waals surface area (Å²) in [7, 11) is 4.49. The van der Waals surface area contributed by atoms with Crippen LogP contribution in [0, 0.1) is 6.92 Å². The summed E-state index contributed by atoms with van der Waals surface area (Å²) in [6.07, 6.45) is -5.99. The first kappa shape index (κ1) is 33.2. The highest BCUT2D eigenvalue weighted by Gasteiger charge is 2.47. The van der Waals surface area contributed by atoms with Crippen molar-refractivity contribution in [3.05, 3.63) is 70.0 Å². The van der Waals surface area contributed by atoms with E-state index in [2.05, 4.69) is 10.4 Å². The second-order valence-electron chi connectivity index (χ2n) is 10.2. The van der Waals surface area contributed by atoms with Gasteiger partial charge < -0.3 is 44.3 Å². The Morgan fingerprint density at radius 2 is 1.91 bits per heavy atom. The van der Waals surface area contributed by atoms with Gasteiger partial charge >= 0.3 is 5.97 Å². The number of aliphatic hydroxyl groups is 3. The highest BCUT2D eigenvalue weighted by molar-refractivity contribution is 6.32. The van der Waals surface area contributed by atoms with E-state index in [1.54, 1.807) is 22.9 Å². The Morgan fingerprint density at radius 1 is 1.14 bits per heavy atom. The van der Waals surface area contributed by atoms with E-state index in [0.29, 0.717) is 18.5 Å². The molecule has 0 spiro atoms. The molecule has 3 aromatic rings. The molecule has 0 radical (unpaired) electrons. The summed E-state index contributed by atoms with van der Waals surface area (Å²) in [4.78, 5) is 25.5. The molecule has 5 atom stereocenters. The SMILES string of the molecule is COc1cc(C(=O)O[C@H]2[C@@H](OC)O[C@H](CO)[C@@H](O)[C@@H]2O)cc(Cl)c1OCc1cccc(NC(=O)CCc2cc(C)nn2C)c1. The highest BCUT2D eigenvalue weighted by Crippen LogP contribution is 2.37. The number of carbonyl (C=O) groups is 2. The number of ether oxygens (including phenoxy) is 5. The number of nitrogens with zero attached hydrogens (tertiary/aromatic N) is 2. The number of anilines is 1. The van der Waals surface area contributed by atoms with Gasteiger partial charge in [-0.2, -0.15) is 5.10 Å². The van der Waals surface area contributed by atoms with Crippen LogP contribution in [0.25, 0.3) is 0 Å². The topological polar surface area (TPSA) is 171 Å². The Bertz CT molecular complexity index is 1460. The average molecular weight is 634 g/mol. The Morgan fingerprint density at radius 3 is 2.57 bits per heavy atom. The number of nitrogens with one attached hydrogen (secondary N) is 1. The standard InChI is InChI=1S/C30H36ClN3O10/c1-16-10-20(34(2)33-16)8-9-24(36)32-19-7-5-6-17(11-19)15-42-27-21(31)12-18(13-22(27)40-3)29(39)44-28-26(38)25(37)23(14-35)43-30(28)41-4/h5-7,10-13,23,25-26,28,30,35,37-38H,8-9,14-15H2,1-4H3,(H,32,36)/t23-,25-,26+,28-,30+/m1/s1. The third kappa shape index (κ3) is 7.86. The number of carbonyl (C=O) groups excluding carboxylic acids is 2. The fraction of sp³-hybridized carbons (Fsp3) is 0.433. The molecule has 0 saturated carbocycles. The predicted octanol–water partition coefficient (Wildman–Crippen LogP) is 2.15. The zero-order valence-electron chi connectivity index (χ0n) is 24.7. The van der Waals surface area contributed by atoms with E-state index in [9.17, 15) is 24.9 Å². The molecule has 1 aromatic heterocycles. The van der Waals surface area contributed by atoms with Crippen molar-refractivity contribution in [2.75, 3.05) is 26.1 Å². The minimum Gasteiger partial charge on any atom is -0.493 e. The van der Waals surface area contributed by atoms with E-state index in [0.717, 1.165) is 17.0 Å². The molecular formula is C30H36ClN3O10. The van der Waals surface area contributed by atoms with Gasteiger partial charge in [0.1, 0.15) is 24.9 Å². The number of hydrogen-bond acceptors (Lipinski definition) is 11. The molecule has 44 heavy (non-hydrogen) atoms. The molecule has 2 heterocycles. The van der Waals surface area contributed by atoms with Gasteiger partial charge in [-0.15, -0.1) is 0 Å². The number of rotatable bonds is 12. The molecule has 14 heteroatoms. The third-order valence-electron chi connectivity index (χ3n) is 7.07. The summed E-state index contributed by atoms with van der Waals surface area (Å²) in [5.41, 5.74) is 3.19. The molecule has 0 unspecified atom stereocenters. The second kappa shape index (κ2) is 14.8. The first-order valence-electron chi connectivity index (χ1n) is 13.8. The summed E-state index contributed by atoms with van der Waals surface area (Å²) in [6.45, 7) is 1.41. The first-order valence-corrected chi connectivity index (χ1v) is 14.2. The van der Waals surface area contributed by atoms with Gasteiger partial charge in [0.25, 0.3) is 0 Å². The molecule has 1 fully saturated rings. The fourth-order valence-electron chi connectivity index (χ4n) is 4.80. The van der Waals surface area contributed by atoms with Gasteiger partial charge in [0.2, 0.25) is 5.91 Å². The maximum atomic E-state index is 13.0. The molecule has 2 aromatic carbocycles. The van der Waals surface area contributed by atoms with Crippen LogP contribution in [0.3, 0.4) is 0 Å².